The van der Waals surface area contributed by atoms with Crippen molar-refractivity contribution in [3.63, 3.8) is 0 Å². The molecule has 0 spiro atoms. The minimum absolute atomic E-state index is 0.0418. The van der Waals surface area contributed by atoms with Gasteiger partial charge in [0.25, 0.3) is 5.91 Å². The fourth-order valence-electron chi connectivity index (χ4n) is 2.22. The Kier molecular flexibility index (Phi) is 5.76. The van der Waals surface area contributed by atoms with E-state index in [0.717, 1.165) is 5.56 Å². The van der Waals surface area contributed by atoms with Gasteiger partial charge in [0.15, 0.2) is 6.61 Å². The maximum atomic E-state index is 12.5. The zero-order chi connectivity index (χ0) is 16.7. The number of hydrogen-bond acceptors (Lipinski definition) is 3. The highest BCUT2D eigenvalue weighted by Crippen LogP contribution is 2.14. The van der Waals surface area contributed by atoms with Crippen molar-refractivity contribution in [1.29, 1.82) is 5.26 Å². The Hall–Kier alpha value is -2.80. The molecule has 4 heteroatoms. The van der Waals surface area contributed by atoms with Crippen LogP contribution in [0.4, 0.5) is 0 Å². The number of amides is 1. The maximum absolute atomic E-state index is 12.5. The third-order valence-corrected chi connectivity index (χ3v) is 3.46. The van der Waals surface area contributed by atoms with Crippen molar-refractivity contribution in [1.82, 2.24) is 4.90 Å². The Balaban J connectivity index is 1.99. The van der Waals surface area contributed by atoms with E-state index >= 15 is 0 Å². The molecule has 0 N–H and O–H groups in total. The van der Waals surface area contributed by atoms with E-state index in [1.165, 1.54) is 0 Å². The van der Waals surface area contributed by atoms with Gasteiger partial charge in [-0.2, -0.15) is 5.26 Å². The molecule has 0 radical (unpaired) electrons. The number of nitriles is 1. The van der Waals surface area contributed by atoms with Gasteiger partial charge >= 0.3 is 0 Å². The van der Waals surface area contributed by atoms with E-state index in [1.54, 1.807) is 29.2 Å². The molecule has 0 aliphatic rings. The van der Waals surface area contributed by atoms with Crippen LogP contribution in [0.25, 0.3) is 0 Å². The lowest BCUT2D eigenvalue weighted by Crippen LogP contribution is -2.39. The van der Waals surface area contributed by atoms with Crippen molar-refractivity contribution in [3.05, 3.63) is 65.7 Å². The number of benzene rings is 2. The summed E-state index contributed by atoms with van der Waals surface area (Å²) in [5, 5.41) is 8.88. The highest BCUT2D eigenvalue weighted by molar-refractivity contribution is 5.78. The zero-order valence-electron chi connectivity index (χ0n) is 13.4. The number of carbonyl (C=O) groups excluding carboxylic acids is 1. The molecule has 0 saturated carbocycles. The molecule has 1 amide bonds. The predicted octanol–water partition coefficient (Wildman–Crippen LogP) is 3.37. The number of rotatable bonds is 6. The molecule has 0 bridgehead atoms. The molecule has 0 aromatic heterocycles. The van der Waals surface area contributed by atoms with Crippen LogP contribution >= 0.6 is 0 Å². The Bertz CT molecular complexity index is 690. The molecule has 0 saturated heterocycles. The first-order valence-electron chi connectivity index (χ1n) is 7.56. The molecular weight excluding hydrogens is 288 g/mol. The van der Waals surface area contributed by atoms with E-state index in [4.69, 9.17) is 10.00 Å². The molecule has 2 rings (SSSR count). The van der Waals surface area contributed by atoms with Gasteiger partial charge in [-0.3, -0.25) is 4.79 Å². The van der Waals surface area contributed by atoms with Gasteiger partial charge in [-0.1, -0.05) is 36.4 Å². The summed E-state index contributed by atoms with van der Waals surface area (Å²) >= 11 is 0. The van der Waals surface area contributed by atoms with Crippen molar-refractivity contribution < 1.29 is 9.53 Å². The van der Waals surface area contributed by atoms with Gasteiger partial charge in [0.2, 0.25) is 0 Å². The summed E-state index contributed by atoms with van der Waals surface area (Å²) in [7, 11) is 0. The molecule has 0 aliphatic carbocycles. The van der Waals surface area contributed by atoms with E-state index < -0.39 is 0 Å². The van der Waals surface area contributed by atoms with Crippen LogP contribution < -0.4 is 4.74 Å². The predicted molar refractivity (Wildman–Crippen MR) is 88.8 cm³/mol. The Labute approximate surface area is 136 Å². The maximum Gasteiger partial charge on any atom is 0.261 e. The first-order chi connectivity index (χ1) is 11.1. The monoisotopic (exact) mass is 308 g/mol. The van der Waals surface area contributed by atoms with Gasteiger partial charge < -0.3 is 9.64 Å². The van der Waals surface area contributed by atoms with Crippen molar-refractivity contribution in [2.24, 2.45) is 0 Å². The topological polar surface area (TPSA) is 53.3 Å². The molecule has 2 aromatic rings. The lowest BCUT2D eigenvalue weighted by Gasteiger charge is -2.27. The number of nitrogens with zero attached hydrogens (tertiary/aromatic N) is 2. The second-order valence-corrected chi connectivity index (χ2v) is 5.53. The fourth-order valence-corrected chi connectivity index (χ4v) is 2.22. The van der Waals surface area contributed by atoms with Gasteiger partial charge in [0.1, 0.15) is 5.75 Å². The third kappa shape index (κ3) is 4.86. The standard InChI is InChI=1S/C19H20N2O2/c1-15(2)21(13-16-7-4-3-5-8-16)19(22)14-23-18-10-6-9-17(11-18)12-20/h3-11,15H,13-14H2,1-2H3. The molecule has 0 aliphatic heterocycles. The number of carbonyl (C=O) groups is 1. The molecule has 118 valence electrons. The summed E-state index contributed by atoms with van der Waals surface area (Å²) in [5.74, 6) is 0.451. The lowest BCUT2D eigenvalue weighted by molar-refractivity contribution is -0.135. The SMILES string of the molecule is CC(C)N(Cc1ccccc1)C(=O)COc1cccc(C#N)c1. The van der Waals surface area contributed by atoms with Crippen molar-refractivity contribution in [2.75, 3.05) is 6.61 Å². The van der Waals surface area contributed by atoms with Crippen LogP contribution in [0, 0.1) is 11.3 Å². The quantitative estimate of drug-likeness (QED) is 0.822. The summed E-state index contributed by atoms with van der Waals surface area (Å²) in [5.41, 5.74) is 1.60. The normalized spacial score (nSPS) is 10.2. The van der Waals surface area contributed by atoms with Crippen molar-refractivity contribution in [2.45, 2.75) is 26.4 Å². The van der Waals surface area contributed by atoms with Crippen LogP contribution in [0.2, 0.25) is 0 Å². The molecular formula is C19H20N2O2. The molecule has 0 heterocycles. The summed E-state index contributed by atoms with van der Waals surface area (Å²) in [6.07, 6.45) is 0. The van der Waals surface area contributed by atoms with Crippen LogP contribution in [-0.2, 0) is 11.3 Å². The number of ether oxygens (including phenoxy) is 1. The van der Waals surface area contributed by atoms with Crippen LogP contribution in [-0.4, -0.2) is 23.5 Å². The van der Waals surface area contributed by atoms with Crippen LogP contribution in [0.3, 0.4) is 0 Å². The average Bonchev–Trinajstić information content (AvgIpc) is 2.58. The van der Waals surface area contributed by atoms with Crippen LogP contribution in [0.5, 0.6) is 5.75 Å². The second kappa shape index (κ2) is 8.00. The molecule has 2 aromatic carbocycles. The van der Waals surface area contributed by atoms with E-state index in [9.17, 15) is 4.79 Å². The van der Waals surface area contributed by atoms with Gasteiger partial charge in [0.05, 0.1) is 11.6 Å². The zero-order valence-corrected chi connectivity index (χ0v) is 13.4. The molecule has 4 nitrogen and oxygen atoms in total. The van der Waals surface area contributed by atoms with Gasteiger partial charge in [-0.25, -0.2) is 0 Å². The molecule has 23 heavy (non-hydrogen) atoms. The first-order valence-corrected chi connectivity index (χ1v) is 7.56. The van der Waals surface area contributed by atoms with Crippen molar-refractivity contribution in [3.8, 4) is 11.8 Å². The van der Waals surface area contributed by atoms with Crippen LogP contribution in [0.15, 0.2) is 54.6 Å². The third-order valence-electron chi connectivity index (χ3n) is 3.46. The number of hydrogen-bond donors (Lipinski definition) is 0. The van der Waals surface area contributed by atoms with Gasteiger partial charge in [0, 0.05) is 12.6 Å². The Morgan fingerprint density at radius 2 is 1.91 bits per heavy atom. The fraction of sp³-hybridized carbons (Fsp3) is 0.263. The highest BCUT2D eigenvalue weighted by atomic mass is 16.5. The lowest BCUT2D eigenvalue weighted by atomic mass is 10.2. The summed E-state index contributed by atoms with van der Waals surface area (Å²) in [6, 6.07) is 18.8. The first kappa shape index (κ1) is 16.6. The summed E-state index contributed by atoms with van der Waals surface area (Å²) in [4.78, 5) is 14.2. The van der Waals surface area contributed by atoms with Crippen molar-refractivity contribution >= 4 is 5.91 Å². The van der Waals surface area contributed by atoms with E-state index in [0.29, 0.717) is 17.9 Å². The minimum atomic E-state index is -0.0776. The average molecular weight is 308 g/mol. The summed E-state index contributed by atoms with van der Waals surface area (Å²) in [6.45, 7) is 4.48. The summed E-state index contributed by atoms with van der Waals surface area (Å²) < 4.78 is 5.54. The highest BCUT2D eigenvalue weighted by Gasteiger charge is 2.17. The van der Waals surface area contributed by atoms with Gasteiger partial charge in [-0.15, -0.1) is 0 Å². The Morgan fingerprint density at radius 1 is 1.17 bits per heavy atom. The molecule has 0 atom stereocenters. The second-order valence-electron chi connectivity index (χ2n) is 5.53. The van der Waals surface area contributed by atoms with E-state index in [2.05, 4.69) is 6.07 Å². The molecule has 0 unspecified atom stereocenters. The Morgan fingerprint density at radius 3 is 2.57 bits per heavy atom. The van der Waals surface area contributed by atoms with E-state index in [1.807, 2.05) is 44.2 Å². The van der Waals surface area contributed by atoms with Gasteiger partial charge in [-0.05, 0) is 37.6 Å². The van der Waals surface area contributed by atoms with E-state index in [-0.39, 0.29) is 18.6 Å². The largest absolute Gasteiger partial charge is 0.484 e. The molecule has 0 fully saturated rings. The minimum Gasteiger partial charge on any atom is -0.484 e. The van der Waals surface area contributed by atoms with Crippen LogP contribution in [0.1, 0.15) is 25.0 Å². The smallest absolute Gasteiger partial charge is 0.261 e.